The van der Waals surface area contributed by atoms with Crippen LogP contribution in [0.2, 0.25) is 5.02 Å². The van der Waals surface area contributed by atoms with Crippen molar-refractivity contribution < 1.29 is 9.53 Å². The van der Waals surface area contributed by atoms with Crippen molar-refractivity contribution in [3.8, 4) is 5.88 Å². The first-order valence-electron chi connectivity index (χ1n) is 6.03. The molecule has 0 saturated heterocycles. The van der Waals surface area contributed by atoms with Gasteiger partial charge in [-0.1, -0.05) is 23.7 Å². The molecule has 5 heteroatoms. The van der Waals surface area contributed by atoms with Crippen molar-refractivity contribution in [1.82, 2.24) is 4.98 Å². The third kappa shape index (κ3) is 3.30. The average molecular weight is 310 g/mol. The van der Waals surface area contributed by atoms with Crippen LogP contribution in [0.5, 0.6) is 5.88 Å². The van der Waals surface area contributed by atoms with Crippen molar-refractivity contribution in [3.05, 3.63) is 57.7 Å². The Morgan fingerprint density at radius 3 is 2.70 bits per heavy atom. The number of pyridine rings is 1. The molecular weight excluding hydrogens is 297 g/mol. The molecule has 20 heavy (non-hydrogen) atoms. The van der Waals surface area contributed by atoms with Gasteiger partial charge in [0.15, 0.2) is 0 Å². The maximum atomic E-state index is 11.4. The van der Waals surface area contributed by atoms with E-state index in [2.05, 4.69) is 4.98 Å². The SMILES string of the molecule is Cc1ccc(C)c(OCc2c(Cl)cccc2C(=O)Cl)n1. The number of nitrogens with zero attached hydrogens (tertiary/aromatic N) is 1. The van der Waals surface area contributed by atoms with Gasteiger partial charge in [0, 0.05) is 27.4 Å². The van der Waals surface area contributed by atoms with Gasteiger partial charge in [-0.2, -0.15) is 0 Å². The molecule has 0 aliphatic heterocycles. The summed E-state index contributed by atoms with van der Waals surface area (Å²) in [5, 5.41) is -0.109. The van der Waals surface area contributed by atoms with E-state index < -0.39 is 5.24 Å². The number of carbonyl (C=O) groups excluding carboxylic acids is 1. The number of hydrogen-bond acceptors (Lipinski definition) is 3. The minimum absolute atomic E-state index is 0.144. The summed E-state index contributed by atoms with van der Waals surface area (Å²) in [6, 6.07) is 8.83. The molecule has 0 aliphatic rings. The zero-order valence-electron chi connectivity index (χ0n) is 11.1. The van der Waals surface area contributed by atoms with Crippen LogP contribution in [0.15, 0.2) is 30.3 Å². The minimum Gasteiger partial charge on any atom is -0.473 e. The molecule has 0 fully saturated rings. The van der Waals surface area contributed by atoms with Crippen molar-refractivity contribution in [3.63, 3.8) is 0 Å². The number of aryl methyl sites for hydroxylation is 2. The smallest absolute Gasteiger partial charge is 0.252 e. The van der Waals surface area contributed by atoms with Gasteiger partial charge < -0.3 is 4.74 Å². The molecule has 0 radical (unpaired) electrons. The molecule has 3 nitrogen and oxygen atoms in total. The summed E-state index contributed by atoms with van der Waals surface area (Å²) in [5.74, 6) is 0.526. The molecule has 2 aromatic rings. The Kier molecular flexibility index (Phi) is 4.63. The topological polar surface area (TPSA) is 39.2 Å². The van der Waals surface area contributed by atoms with Crippen molar-refractivity contribution in [1.29, 1.82) is 0 Å². The predicted octanol–water partition coefficient (Wildman–Crippen LogP) is 4.31. The lowest BCUT2D eigenvalue weighted by Crippen LogP contribution is -2.05. The Morgan fingerprint density at radius 1 is 1.25 bits per heavy atom. The standard InChI is InChI=1S/C15H13Cl2NO2/c1-9-6-7-10(2)18-15(9)20-8-12-11(14(17)19)4-3-5-13(12)16/h3-7H,8H2,1-2H3. The van der Waals surface area contributed by atoms with Crippen LogP contribution in [0.4, 0.5) is 0 Å². The molecule has 0 aliphatic carbocycles. The molecule has 104 valence electrons. The van der Waals surface area contributed by atoms with E-state index >= 15 is 0 Å². The van der Waals surface area contributed by atoms with Gasteiger partial charge in [0.05, 0.1) is 0 Å². The van der Waals surface area contributed by atoms with Gasteiger partial charge in [-0.3, -0.25) is 4.79 Å². The van der Waals surface area contributed by atoms with Crippen LogP contribution in [0.1, 0.15) is 27.2 Å². The summed E-state index contributed by atoms with van der Waals surface area (Å²) in [6.07, 6.45) is 0. The van der Waals surface area contributed by atoms with Crippen LogP contribution in [-0.2, 0) is 6.61 Å². The molecule has 0 bridgehead atoms. The number of aromatic nitrogens is 1. The number of benzene rings is 1. The highest BCUT2D eigenvalue weighted by molar-refractivity contribution is 6.68. The zero-order valence-corrected chi connectivity index (χ0v) is 12.6. The van der Waals surface area contributed by atoms with Gasteiger partial charge in [-0.15, -0.1) is 0 Å². The fraction of sp³-hybridized carbons (Fsp3) is 0.200. The van der Waals surface area contributed by atoms with E-state index in [1.54, 1.807) is 18.2 Å². The Labute approximate surface area is 127 Å². The minimum atomic E-state index is -0.556. The molecule has 0 unspecified atom stereocenters. The van der Waals surface area contributed by atoms with Crippen molar-refractivity contribution in [2.75, 3.05) is 0 Å². The van der Waals surface area contributed by atoms with Gasteiger partial charge in [0.25, 0.3) is 5.24 Å². The molecule has 0 N–H and O–H groups in total. The monoisotopic (exact) mass is 309 g/mol. The normalized spacial score (nSPS) is 10.4. The molecule has 0 amide bonds. The predicted molar refractivity (Wildman–Crippen MR) is 79.7 cm³/mol. The molecule has 1 aromatic heterocycles. The van der Waals surface area contributed by atoms with Crippen LogP contribution >= 0.6 is 23.2 Å². The molecule has 1 heterocycles. The van der Waals surface area contributed by atoms with Crippen LogP contribution in [0, 0.1) is 13.8 Å². The van der Waals surface area contributed by atoms with E-state index in [1.165, 1.54) is 0 Å². The Balaban J connectivity index is 2.27. The van der Waals surface area contributed by atoms with Crippen LogP contribution in [-0.4, -0.2) is 10.2 Å². The van der Waals surface area contributed by atoms with Crippen LogP contribution < -0.4 is 4.74 Å². The maximum Gasteiger partial charge on any atom is 0.252 e. The van der Waals surface area contributed by atoms with E-state index in [-0.39, 0.29) is 6.61 Å². The fourth-order valence-electron chi connectivity index (χ4n) is 1.78. The summed E-state index contributed by atoms with van der Waals surface area (Å²) < 4.78 is 5.67. The maximum absolute atomic E-state index is 11.4. The van der Waals surface area contributed by atoms with E-state index in [0.29, 0.717) is 22.0 Å². The Hall–Kier alpha value is -1.58. The average Bonchev–Trinajstić information content (AvgIpc) is 2.40. The molecule has 0 saturated carbocycles. The summed E-state index contributed by atoms with van der Waals surface area (Å²) >= 11 is 11.6. The highest BCUT2D eigenvalue weighted by Gasteiger charge is 2.13. The second kappa shape index (κ2) is 6.25. The molecular formula is C15H13Cl2NO2. The number of halogens is 2. The molecule has 1 aromatic carbocycles. The van der Waals surface area contributed by atoms with E-state index in [1.807, 2.05) is 26.0 Å². The quantitative estimate of drug-likeness (QED) is 0.790. The lowest BCUT2D eigenvalue weighted by Gasteiger charge is -2.12. The van der Waals surface area contributed by atoms with Crippen molar-refractivity contribution in [2.24, 2.45) is 0 Å². The Morgan fingerprint density at radius 2 is 2.00 bits per heavy atom. The first-order valence-corrected chi connectivity index (χ1v) is 6.79. The second-order valence-corrected chi connectivity index (χ2v) is 5.15. The van der Waals surface area contributed by atoms with Gasteiger partial charge in [-0.05, 0) is 43.6 Å². The lowest BCUT2D eigenvalue weighted by molar-refractivity contribution is 0.107. The highest BCUT2D eigenvalue weighted by Crippen LogP contribution is 2.24. The third-order valence-corrected chi connectivity index (χ3v) is 3.43. The highest BCUT2D eigenvalue weighted by atomic mass is 35.5. The molecule has 0 spiro atoms. The summed E-state index contributed by atoms with van der Waals surface area (Å²) in [4.78, 5) is 15.7. The number of carbonyl (C=O) groups is 1. The number of rotatable bonds is 4. The third-order valence-electron chi connectivity index (χ3n) is 2.87. The van der Waals surface area contributed by atoms with E-state index in [4.69, 9.17) is 27.9 Å². The molecule has 0 atom stereocenters. The Bertz CT molecular complexity index is 656. The number of hydrogen-bond donors (Lipinski definition) is 0. The number of ether oxygens (including phenoxy) is 1. The summed E-state index contributed by atoms with van der Waals surface area (Å²) in [7, 11) is 0. The van der Waals surface area contributed by atoms with Crippen molar-refractivity contribution in [2.45, 2.75) is 20.5 Å². The summed E-state index contributed by atoms with van der Waals surface area (Å²) in [5.41, 5.74) is 2.70. The molecule has 2 rings (SSSR count). The van der Waals surface area contributed by atoms with Crippen molar-refractivity contribution >= 4 is 28.4 Å². The van der Waals surface area contributed by atoms with Gasteiger partial charge in [0.2, 0.25) is 5.88 Å². The first kappa shape index (κ1) is 14.8. The fourth-order valence-corrected chi connectivity index (χ4v) is 2.18. The first-order chi connectivity index (χ1) is 9.49. The second-order valence-electron chi connectivity index (χ2n) is 4.40. The van der Waals surface area contributed by atoms with Gasteiger partial charge in [0.1, 0.15) is 6.61 Å². The van der Waals surface area contributed by atoms with Gasteiger partial charge in [-0.25, -0.2) is 4.98 Å². The van der Waals surface area contributed by atoms with Crippen LogP contribution in [0.25, 0.3) is 0 Å². The zero-order chi connectivity index (χ0) is 14.7. The lowest BCUT2D eigenvalue weighted by atomic mass is 10.1. The largest absolute Gasteiger partial charge is 0.473 e. The van der Waals surface area contributed by atoms with Crippen LogP contribution in [0.3, 0.4) is 0 Å². The van der Waals surface area contributed by atoms with E-state index in [9.17, 15) is 4.79 Å². The van der Waals surface area contributed by atoms with E-state index in [0.717, 1.165) is 11.3 Å². The van der Waals surface area contributed by atoms with Gasteiger partial charge >= 0.3 is 0 Å². The summed E-state index contributed by atoms with van der Waals surface area (Å²) in [6.45, 7) is 3.93.